The van der Waals surface area contributed by atoms with Gasteiger partial charge in [-0.1, -0.05) is 0 Å². The van der Waals surface area contributed by atoms with Crippen LogP contribution in [-0.2, 0) is 9.53 Å². The van der Waals surface area contributed by atoms with E-state index >= 15 is 0 Å². The maximum atomic E-state index is 14.0. The van der Waals surface area contributed by atoms with Crippen LogP contribution in [0.3, 0.4) is 0 Å². The Balaban J connectivity index is 1.81. The molecule has 0 spiro atoms. The molecule has 1 amide bonds. The van der Waals surface area contributed by atoms with Crippen LogP contribution in [0.4, 0.5) is 10.1 Å². The molecule has 122 valence electrons. The summed E-state index contributed by atoms with van der Waals surface area (Å²) in [6.07, 6.45) is -0.231. The molecular weight excluding hydrogens is 303 g/mol. The van der Waals surface area contributed by atoms with Gasteiger partial charge >= 0.3 is 0 Å². The Kier molecular flexibility index (Phi) is 4.30. The van der Waals surface area contributed by atoms with Gasteiger partial charge in [-0.25, -0.2) is 4.39 Å². The number of morpholine rings is 1. The van der Waals surface area contributed by atoms with E-state index in [1.807, 2.05) is 6.92 Å². The molecular formula is C14H17FN6O2. The number of carbonyl (C=O) groups is 1. The zero-order valence-corrected chi connectivity index (χ0v) is 12.8. The van der Waals surface area contributed by atoms with E-state index in [0.717, 1.165) is 0 Å². The van der Waals surface area contributed by atoms with Gasteiger partial charge in [0.05, 0.1) is 12.7 Å². The summed E-state index contributed by atoms with van der Waals surface area (Å²) in [6.45, 7) is 4.68. The Morgan fingerprint density at radius 2 is 2.35 bits per heavy atom. The first-order valence-corrected chi connectivity index (χ1v) is 7.27. The van der Waals surface area contributed by atoms with E-state index < -0.39 is 11.9 Å². The second kappa shape index (κ2) is 6.39. The third-order valence-corrected chi connectivity index (χ3v) is 3.67. The van der Waals surface area contributed by atoms with Crippen LogP contribution in [0.15, 0.2) is 18.2 Å². The van der Waals surface area contributed by atoms with Gasteiger partial charge in [0.25, 0.3) is 0 Å². The number of aryl methyl sites for hydroxylation is 1. The van der Waals surface area contributed by atoms with Gasteiger partial charge in [0.15, 0.2) is 5.82 Å². The highest BCUT2D eigenvalue weighted by molar-refractivity contribution is 5.95. The number of aromatic nitrogens is 4. The topological polar surface area (TPSA) is 94.0 Å². The van der Waals surface area contributed by atoms with Gasteiger partial charge in [-0.2, -0.15) is 4.68 Å². The largest absolute Gasteiger partial charge is 0.375 e. The predicted molar refractivity (Wildman–Crippen MR) is 79.7 cm³/mol. The zero-order chi connectivity index (χ0) is 16.4. The van der Waals surface area contributed by atoms with E-state index in [2.05, 4.69) is 26.2 Å². The maximum Gasteiger partial charge on any atom is 0.244 e. The van der Waals surface area contributed by atoms with Crippen LogP contribution < -0.4 is 10.6 Å². The monoisotopic (exact) mass is 320 g/mol. The van der Waals surface area contributed by atoms with Crippen molar-refractivity contribution in [3.8, 4) is 5.69 Å². The van der Waals surface area contributed by atoms with Gasteiger partial charge in [-0.3, -0.25) is 4.79 Å². The van der Waals surface area contributed by atoms with Gasteiger partial charge in [0.1, 0.15) is 17.5 Å². The Labute approximate surface area is 132 Å². The number of tetrazole rings is 1. The fraction of sp³-hybridized carbons (Fsp3) is 0.429. The number of nitrogens with one attached hydrogen (secondary N) is 2. The third-order valence-electron chi connectivity index (χ3n) is 3.67. The van der Waals surface area contributed by atoms with Gasteiger partial charge in [0.2, 0.25) is 5.91 Å². The molecule has 1 aliphatic rings. The Hall–Kier alpha value is -2.39. The lowest BCUT2D eigenvalue weighted by Crippen LogP contribution is -2.53. The van der Waals surface area contributed by atoms with E-state index in [4.69, 9.17) is 4.74 Å². The summed E-state index contributed by atoms with van der Waals surface area (Å²) in [5.74, 6) is -0.266. The van der Waals surface area contributed by atoms with Gasteiger partial charge in [0, 0.05) is 12.2 Å². The number of halogens is 1. The van der Waals surface area contributed by atoms with Crippen LogP contribution in [0.5, 0.6) is 0 Å². The predicted octanol–water partition coefficient (Wildman–Crippen LogP) is 0.425. The summed E-state index contributed by atoms with van der Waals surface area (Å²) >= 11 is 0. The van der Waals surface area contributed by atoms with Crippen molar-refractivity contribution in [1.29, 1.82) is 0 Å². The molecule has 1 aromatic carbocycles. The summed E-state index contributed by atoms with van der Waals surface area (Å²) < 4.78 is 20.7. The number of carbonyl (C=O) groups excluding carboxylic acids is 1. The van der Waals surface area contributed by atoms with Crippen LogP contribution in [0.1, 0.15) is 12.7 Å². The van der Waals surface area contributed by atoms with Gasteiger partial charge in [-0.15, -0.1) is 5.10 Å². The standard InChI is InChI=1S/C14H17FN6O2/c1-8-13(16-5-6-23-8)14(22)17-10-3-4-11(15)12(7-10)21-9(2)18-19-20-21/h3-4,7-8,13,16H,5-6H2,1-2H3,(H,17,22)/t8-,13+/m1/s1. The molecule has 2 heterocycles. The molecule has 0 unspecified atom stereocenters. The van der Waals surface area contributed by atoms with E-state index in [1.165, 1.54) is 22.9 Å². The first kappa shape index (κ1) is 15.5. The minimum absolute atomic E-state index is 0.172. The first-order chi connectivity index (χ1) is 11.1. The molecule has 1 aromatic heterocycles. The summed E-state index contributed by atoms with van der Waals surface area (Å²) in [5.41, 5.74) is 0.632. The van der Waals surface area contributed by atoms with Gasteiger partial charge in [-0.05, 0) is 42.5 Å². The average molecular weight is 320 g/mol. The van der Waals surface area contributed by atoms with Crippen molar-refractivity contribution in [2.75, 3.05) is 18.5 Å². The number of hydrogen-bond acceptors (Lipinski definition) is 6. The van der Waals surface area contributed by atoms with E-state index in [0.29, 0.717) is 24.7 Å². The van der Waals surface area contributed by atoms with Crippen molar-refractivity contribution in [1.82, 2.24) is 25.5 Å². The Bertz CT molecular complexity index is 719. The highest BCUT2D eigenvalue weighted by atomic mass is 19.1. The molecule has 9 heteroatoms. The second-order valence-corrected chi connectivity index (χ2v) is 5.30. The number of nitrogens with zero attached hydrogens (tertiary/aromatic N) is 4. The molecule has 0 saturated carbocycles. The van der Waals surface area contributed by atoms with Crippen molar-refractivity contribution in [2.45, 2.75) is 26.0 Å². The number of anilines is 1. The Morgan fingerprint density at radius 3 is 3.04 bits per heavy atom. The molecule has 8 nitrogen and oxygen atoms in total. The van der Waals surface area contributed by atoms with Crippen LogP contribution in [0, 0.1) is 12.7 Å². The minimum atomic E-state index is -0.481. The molecule has 3 rings (SSSR count). The van der Waals surface area contributed by atoms with Crippen LogP contribution in [0.25, 0.3) is 5.69 Å². The van der Waals surface area contributed by atoms with Crippen LogP contribution in [-0.4, -0.2) is 51.4 Å². The van der Waals surface area contributed by atoms with E-state index in [1.54, 1.807) is 6.92 Å². The maximum absolute atomic E-state index is 14.0. The summed E-state index contributed by atoms with van der Waals surface area (Å²) in [6, 6.07) is 3.79. The highest BCUT2D eigenvalue weighted by Gasteiger charge is 2.28. The fourth-order valence-corrected chi connectivity index (χ4v) is 2.45. The SMILES string of the molecule is Cc1nnnn1-c1cc(NC(=O)[C@H]2NCCO[C@@H]2C)ccc1F. The third kappa shape index (κ3) is 3.20. The molecule has 2 atom stereocenters. The van der Waals surface area contributed by atoms with Crippen molar-refractivity contribution >= 4 is 11.6 Å². The molecule has 2 N–H and O–H groups in total. The summed E-state index contributed by atoms with van der Waals surface area (Å²) in [4.78, 5) is 12.3. The molecule has 0 radical (unpaired) electrons. The second-order valence-electron chi connectivity index (χ2n) is 5.30. The molecule has 0 aliphatic carbocycles. The fourth-order valence-electron chi connectivity index (χ4n) is 2.45. The van der Waals surface area contributed by atoms with Crippen molar-refractivity contribution in [3.63, 3.8) is 0 Å². The average Bonchev–Trinajstić information content (AvgIpc) is 2.95. The van der Waals surface area contributed by atoms with E-state index in [-0.39, 0.29) is 17.7 Å². The molecule has 1 saturated heterocycles. The lowest BCUT2D eigenvalue weighted by molar-refractivity contribution is -0.123. The van der Waals surface area contributed by atoms with Crippen molar-refractivity contribution in [2.24, 2.45) is 0 Å². The van der Waals surface area contributed by atoms with Gasteiger partial charge < -0.3 is 15.4 Å². The lowest BCUT2D eigenvalue weighted by Gasteiger charge is -2.29. The molecule has 1 aliphatic heterocycles. The summed E-state index contributed by atoms with van der Waals surface area (Å²) in [7, 11) is 0. The molecule has 0 bridgehead atoms. The zero-order valence-electron chi connectivity index (χ0n) is 12.8. The quantitative estimate of drug-likeness (QED) is 0.851. The smallest absolute Gasteiger partial charge is 0.244 e. The Morgan fingerprint density at radius 1 is 1.52 bits per heavy atom. The molecule has 23 heavy (non-hydrogen) atoms. The summed E-state index contributed by atoms with van der Waals surface area (Å²) in [5, 5.41) is 16.8. The number of amides is 1. The number of benzene rings is 1. The van der Waals surface area contributed by atoms with Crippen LogP contribution in [0.2, 0.25) is 0 Å². The lowest BCUT2D eigenvalue weighted by atomic mass is 10.1. The highest BCUT2D eigenvalue weighted by Crippen LogP contribution is 2.19. The van der Waals surface area contributed by atoms with Crippen molar-refractivity contribution < 1.29 is 13.9 Å². The number of ether oxygens (including phenoxy) is 1. The molecule has 2 aromatic rings. The van der Waals surface area contributed by atoms with E-state index in [9.17, 15) is 9.18 Å². The number of rotatable bonds is 3. The first-order valence-electron chi connectivity index (χ1n) is 7.27. The van der Waals surface area contributed by atoms with Crippen molar-refractivity contribution in [3.05, 3.63) is 29.8 Å². The molecule has 1 fully saturated rings. The minimum Gasteiger partial charge on any atom is -0.375 e. The normalized spacial score (nSPS) is 21.2. The number of hydrogen-bond donors (Lipinski definition) is 2. The van der Waals surface area contributed by atoms with Crippen LogP contribution >= 0.6 is 0 Å².